The summed E-state index contributed by atoms with van der Waals surface area (Å²) >= 11 is 7.88. The number of benzene rings is 1. The Balaban J connectivity index is 1.89. The first-order valence-corrected chi connectivity index (χ1v) is 9.24. The van der Waals surface area contributed by atoms with E-state index in [0.717, 1.165) is 29.6 Å². The van der Waals surface area contributed by atoms with Crippen molar-refractivity contribution in [3.63, 3.8) is 0 Å². The molecule has 0 unspecified atom stereocenters. The van der Waals surface area contributed by atoms with Gasteiger partial charge in [-0.3, -0.25) is 4.79 Å². The summed E-state index contributed by atoms with van der Waals surface area (Å²) in [6, 6.07) is 8.30. The molecule has 0 bridgehead atoms. The van der Waals surface area contributed by atoms with E-state index in [1.54, 1.807) is 0 Å². The van der Waals surface area contributed by atoms with Gasteiger partial charge in [-0.05, 0) is 55.3 Å². The van der Waals surface area contributed by atoms with E-state index in [9.17, 15) is 4.79 Å². The Morgan fingerprint density at radius 3 is 2.82 bits per heavy atom. The zero-order valence-electron chi connectivity index (χ0n) is 13.3. The van der Waals surface area contributed by atoms with Gasteiger partial charge in [0, 0.05) is 24.2 Å². The van der Waals surface area contributed by atoms with Crippen molar-refractivity contribution in [2.24, 2.45) is 5.92 Å². The number of ether oxygens (including phenoxy) is 1. The summed E-state index contributed by atoms with van der Waals surface area (Å²) < 4.78 is 4.99. The molecule has 0 radical (unpaired) electrons. The molecule has 1 heterocycles. The molecule has 0 amide bonds. The minimum absolute atomic E-state index is 0.197. The normalized spacial score (nSPS) is 22.5. The van der Waals surface area contributed by atoms with Crippen LogP contribution in [0, 0.1) is 5.92 Å². The van der Waals surface area contributed by atoms with Crippen LogP contribution in [0.4, 0.5) is 0 Å². The molecule has 1 aliphatic rings. The third-order valence-corrected chi connectivity index (χ3v) is 5.47. The molecule has 0 aliphatic carbocycles. The molecule has 1 aliphatic heterocycles. The summed E-state index contributed by atoms with van der Waals surface area (Å²) in [6.45, 7) is 4.22. The van der Waals surface area contributed by atoms with Crippen molar-refractivity contribution in [3.05, 3.63) is 34.9 Å². The molecule has 0 spiro atoms. The standard InChI is InChI=1S/C17H24ClNO2S/c1-13(20)21-9-10-22-12-15-11-19(2)8-7-17(15)14-3-5-16(18)6-4-14/h3-6,15,17H,7-12H2,1-2H3/t15-,17+/m1/s1. The minimum Gasteiger partial charge on any atom is -0.465 e. The molecule has 1 aromatic rings. The molecular weight excluding hydrogens is 318 g/mol. The molecule has 5 heteroatoms. The van der Waals surface area contributed by atoms with Gasteiger partial charge in [0.25, 0.3) is 0 Å². The number of nitrogens with zero attached hydrogens (tertiary/aromatic N) is 1. The smallest absolute Gasteiger partial charge is 0.302 e. The Hall–Kier alpha value is -0.710. The molecule has 0 N–H and O–H groups in total. The predicted octanol–water partition coefficient (Wildman–Crippen LogP) is 3.67. The van der Waals surface area contributed by atoms with E-state index in [2.05, 4.69) is 24.1 Å². The first-order chi connectivity index (χ1) is 10.6. The molecule has 0 saturated carbocycles. The van der Waals surface area contributed by atoms with Crippen LogP contribution in [-0.2, 0) is 9.53 Å². The third kappa shape index (κ3) is 5.49. The lowest BCUT2D eigenvalue weighted by Gasteiger charge is -2.37. The summed E-state index contributed by atoms with van der Waals surface area (Å²) in [7, 11) is 2.19. The fraction of sp³-hybridized carbons (Fsp3) is 0.588. The molecule has 0 aromatic heterocycles. The van der Waals surface area contributed by atoms with E-state index >= 15 is 0 Å². The highest BCUT2D eigenvalue weighted by atomic mass is 35.5. The maximum absolute atomic E-state index is 10.8. The minimum atomic E-state index is -0.197. The molecule has 122 valence electrons. The van der Waals surface area contributed by atoms with Crippen molar-refractivity contribution in [3.8, 4) is 0 Å². The fourth-order valence-electron chi connectivity index (χ4n) is 3.01. The Morgan fingerprint density at radius 1 is 1.41 bits per heavy atom. The van der Waals surface area contributed by atoms with Crippen molar-refractivity contribution >= 4 is 29.3 Å². The Morgan fingerprint density at radius 2 is 2.14 bits per heavy atom. The van der Waals surface area contributed by atoms with E-state index in [1.165, 1.54) is 18.9 Å². The first-order valence-electron chi connectivity index (χ1n) is 7.71. The number of esters is 1. The average Bonchev–Trinajstić information content (AvgIpc) is 2.48. The highest BCUT2D eigenvalue weighted by Gasteiger charge is 2.28. The molecule has 3 nitrogen and oxygen atoms in total. The van der Waals surface area contributed by atoms with E-state index in [-0.39, 0.29) is 5.97 Å². The molecule has 1 saturated heterocycles. The topological polar surface area (TPSA) is 29.5 Å². The number of carbonyl (C=O) groups excluding carboxylic acids is 1. The van der Waals surface area contributed by atoms with Crippen molar-refractivity contribution < 1.29 is 9.53 Å². The second kappa shape index (κ2) is 8.80. The van der Waals surface area contributed by atoms with Gasteiger partial charge >= 0.3 is 5.97 Å². The first kappa shape index (κ1) is 17.6. The lowest BCUT2D eigenvalue weighted by molar-refractivity contribution is -0.140. The SMILES string of the molecule is CC(=O)OCCSC[C@H]1CN(C)CC[C@H]1c1ccc(Cl)cc1. The summed E-state index contributed by atoms with van der Waals surface area (Å²) in [5.74, 6) is 2.99. The van der Waals surface area contributed by atoms with Crippen molar-refractivity contribution in [2.75, 3.05) is 38.2 Å². The Bertz CT molecular complexity index is 480. The molecule has 2 atom stereocenters. The van der Waals surface area contributed by atoms with Crippen LogP contribution < -0.4 is 0 Å². The summed E-state index contributed by atoms with van der Waals surface area (Å²) in [5.41, 5.74) is 1.39. The number of thioether (sulfide) groups is 1. The van der Waals surface area contributed by atoms with E-state index in [4.69, 9.17) is 16.3 Å². The number of hydrogen-bond donors (Lipinski definition) is 0. The number of rotatable bonds is 6. The lowest BCUT2D eigenvalue weighted by Crippen LogP contribution is -2.38. The lowest BCUT2D eigenvalue weighted by atomic mass is 9.81. The van der Waals surface area contributed by atoms with Crippen molar-refractivity contribution in [2.45, 2.75) is 19.3 Å². The molecular formula is C17H24ClNO2S. The van der Waals surface area contributed by atoms with Gasteiger partial charge in [0.2, 0.25) is 0 Å². The highest BCUT2D eigenvalue weighted by molar-refractivity contribution is 7.99. The number of piperidine rings is 1. The Labute approximate surface area is 142 Å². The fourth-order valence-corrected chi connectivity index (χ4v) is 4.15. The zero-order valence-corrected chi connectivity index (χ0v) is 14.8. The second-order valence-electron chi connectivity index (χ2n) is 5.88. The van der Waals surface area contributed by atoms with Crippen molar-refractivity contribution in [1.29, 1.82) is 0 Å². The van der Waals surface area contributed by atoms with E-state index in [1.807, 2.05) is 23.9 Å². The van der Waals surface area contributed by atoms with Crippen LogP contribution in [-0.4, -0.2) is 49.1 Å². The van der Waals surface area contributed by atoms with Crippen LogP contribution in [0.25, 0.3) is 0 Å². The van der Waals surface area contributed by atoms with Crippen LogP contribution in [0.3, 0.4) is 0 Å². The van der Waals surface area contributed by atoms with Crippen LogP contribution in [0.1, 0.15) is 24.8 Å². The molecule has 2 rings (SSSR count). The number of halogens is 1. The molecule has 22 heavy (non-hydrogen) atoms. The number of carbonyl (C=O) groups is 1. The van der Waals surface area contributed by atoms with Crippen LogP contribution in [0.5, 0.6) is 0 Å². The molecule has 1 aromatic carbocycles. The van der Waals surface area contributed by atoms with Gasteiger partial charge < -0.3 is 9.64 Å². The Kier molecular flexibility index (Phi) is 7.06. The van der Waals surface area contributed by atoms with Crippen LogP contribution >= 0.6 is 23.4 Å². The third-order valence-electron chi connectivity index (χ3n) is 4.10. The zero-order chi connectivity index (χ0) is 15.9. The summed E-state index contributed by atoms with van der Waals surface area (Å²) in [4.78, 5) is 13.2. The summed E-state index contributed by atoms with van der Waals surface area (Å²) in [6.07, 6.45) is 1.19. The van der Waals surface area contributed by atoms with Crippen molar-refractivity contribution in [1.82, 2.24) is 4.90 Å². The van der Waals surface area contributed by atoms with Crippen LogP contribution in [0.2, 0.25) is 5.02 Å². The quantitative estimate of drug-likeness (QED) is 0.583. The average molecular weight is 342 g/mol. The number of likely N-dealkylation sites (tertiary alicyclic amines) is 1. The van der Waals surface area contributed by atoms with Gasteiger partial charge in [0.1, 0.15) is 6.61 Å². The monoisotopic (exact) mass is 341 g/mol. The van der Waals surface area contributed by atoms with Gasteiger partial charge in [0.15, 0.2) is 0 Å². The van der Waals surface area contributed by atoms with Gasteiger partial charge in [0.05, 0.1) is 0 Å². The maximum Gasteiger partial charge on any atom is 0.302 e. The predicted molar refractivity (Wildman–Crippen MR) is 93.8 cm³/mol. The highest BCUT2D eigenvalue weighted by Crippen LogP contribution is 2.35. The van der Waals surface area contributed by atoms with E-state index in [0.29, 0.717) is 18.4 Å². The van der Waals surface area contributed by atoms with E-state index < -0.39 is 0 Å². The van der Waals surface area contributed by atoms with Gasteiger partial charge in [-0.2, -0.15) is 11.8 Å². The largest absolute Gasteiger partial charge is 0.465 e. The van der Waals surface area contributed by atoms with Gasteiger partial charge in [-0.1, -0.05) is 23.7 Å². The maximum atomic E-state index is 10.8. The van der Waals surface area contributed by atoms with Gasteiger partial charge in [-0.15, -0.1) is 0 Å². The summed E-state index contributed by atoms with van der Waals surface area (Å²) in [5, 5.41) is 0.795. The number of hydrogen-bond acceptors (Lipinski definition) is 4. The van der Waals surface area contributed by atoms with Gasteiger partial charge in [-0.25, -0.2) is 0 Å². The molecule has 1 fully saturated rings. The second-order valence-corrected chi connectivity index (χ2v) is 7.47. The van der Waals surface area contributed by atoms with Crippen LogP contribution in [0.15, 0.2) is 24.3 Å².